The summed E-state index contributed by atoms with van der Waals surface area (Å²) in [5, 5.41) is 11.0. The molecule has 0 fully saturated rings. The summed E-state index contributed by atoms with van der Waals surface area (Å²) in [5.74, 6) is -1.12. The number of carbonyl (C=O) groups is 2. The van der Waals surface area contributed by atoms with Gasteiger partial charge in [0.05, 0.1) is 7.11 Å². The molecule has 104 valence electrons. The van der Waals surface area contributed by atoms with E-state index in [1.54, 1.807) is 0 Å². The smallest absolute Gasteiger partial charge is 0.303 e. The predicted octanol–water partition coefficient (Wildman–Crippen LogP) is 1.71. The highest BCUT2D eigenvalue weighted by atomic mass is 19.1. The van der Waals surface area contributed by atoms with Crippen LogP contribution in [0.3, 0.4) is 0 Å². The van der Waals surface area contributed by atoms with Gasteiger partial charge >= 0.3 is 5.97 Å². The van der Waals surface area contributed by atoms with E-state index in [0.717, 1.165) is 0 Å². The number of nitrogens with one attached hydrogen (secondary N) is 1. The first-order chi connectivity index (χ1) is 9.02. The average molecular weight is 269 g/mol. The van der Waals surface area contributed by atoms with Gasteiger partial charge in [-0.3, -0.25) is 9.59 Å². The molecule has 0 saturated carbocycles. The van der Waals surface area contributed by atoms with Gasteiger partial charge in [-0.1, -0.05) is 0 Å². The van der Waals surface area contributed by atoms with Gasteiger partial charge < -0.3 is 15.2 Å². The first kappa shape index (κ1) is 14.9. The van der Waals surface area contributed by atoms with Crippen molar-refractivity contribution in [2.75, 3.05) is 7.11 Å². The molecule has 0 spiro atoms. The number of hydrogen-bond acceptors (Lipinski definition) is 3. The monoisotopic (exact) mass is 269 g/mol. The molecular formula is C13H16FNO4. The minimum Gasteiger partial charge on any atom is -0.496 e. The Bertz CT molecular complexity index is 462. The zero-order valence-corrected chi connectivity index (χ0v) is 10.6. The van der Waals surface area contributed by atoms with E-state index in [0.29, 0.717) is 11.3 Å². The second-order valence-electron chi connectivity index (χ2n) is 3.98. The number of carboxylic acid groups (broad SMARTS) is 1. The number of ether oxygens (including phenoxy) is 1. The zero-order chi connectivity index (χ0) is 14.3. The number of amides is 1. The van der Waals surface area contributed by atoms with Gasteiger partial charge in [0.2, 0.25) is 5.91 Å². The van der Waals surface area contributed by atoms with Crippen molar-refractivity contribution in [1.82, 2.24) is 5.32 Å². The molecule has 1 amide bonds. The van der Waals surface area contributed by atoms with Gasteiger partial charge in [-0.15, -0.1) is 0 Å². The van der Waals surface area contributed by atoms with E-state index >= 15 is 0 Å². The molecule has 0 heterocycles. The molecule has 0 aliphatic carbocycles. The molecule has 1 aromatic carbocycles. The van der Waals surface area contributed by atoms with Crippen LogP contribution in [0.15, 0.2) is 18.2 Å². The van der Waals surface area contributed by atoms with Crippen LogP contribution in [-0.2, 0) is 16.1 Å². The lowest BCUT2D eigenvalue weighted by molar-refractivity contribution is -0.137. The van der Waals surface area contributed by atoms with E-state index in [1.165, 1.54) is 25.3 Å². The Hall–Kier alpha value is -2.11. The minimum atomic E-state index is -0.931. The fourth-order valence-electron chi connectivity index (χ4n) is 1.57. The van der Waals surface area contributed by atoms with Crippen molar-refractivity contribution in [2.24, 2.45) is 0 Å². The summed E-state index contributed by atoms with van der Waals surface area (Å²) in [4.78, 5) is 21.7. The van der Waals surface area contributed by atoms with E-state index in [2.05, 4.69) is 5.32 Å². The quantitative estimate of drug-likeness (QED) is 0.790. The predicted molar refractivity (Wildman–Crippen MR) is 66.3 cm³/mol. The topological polar surface area (TPSA) is 75.6 Å². The third-order valence-corrected chi connectivity index (χ3v) is 2.51. The maximum atomic E-state index is 13.1. The highest BCUT2D eigenvalue weighted by Gasteiger charge is 2.07. The minimum absolute atomic E-state index is 0.0449. The van der Waals surface area contributed by atoms with Crippen LogP contribution >= 0.6 is 0 Å². The van der Waals surface area contributed by atoms with Crippen LogP contribution in [-0.4, -0.2) is 24.1 Å². The number of aliphatic carboxylic acids is 1. The molecule has 0 aromatic heterocycles. The number of hydrogen-bond donors (Lipinski definition) is 2. The molecule has 1 aromatic rings. The number of benzene rings is 1. The number of halogens is 1. The Labute approximate surface area is 110 Å². The molecule has 5 nitrogen and oxygen atoms in total. The standard InChI is InChI=1S/C13H16FNO4/c1-19-11-6-5-10(14)7-9(11)8-15-12(16)3-2-4-13(17)18/h5-7H,2-4,8H2,1H3,(H,15,16)(H,17,18). The molecule has 2 N–H and O–H groups in total. The van der Waals surface area contributed by atoms with E-state index < -0.39 is 11.8 Å². The molecule has 0 aliphatic rings. The summed E-state index contributed by atoms with van der Waals surface area (Å²) < 4.78 is 18.1. The molecule has 0 saturated heterocycles. The SMILES string of the molecule is COc1ccc(F)cc1CNC(=O)CCCC(=O)O. The summed E-state index contributed by atoms with van der Waals surface area (Å²) in [6, 6.07) is 4.05. The lowest BCUT2D eigenvalue weighted by Crippen LogP contribution is -2.23. The molecule has 0 unspecified atom stereocenters. The summed E-state index contributed by atoms with van der Waals surface area (Å²) in [6.45, 7) is 0.146. The van der Waals surface area contributed by atoms with Gasteiger partial charge in [0, 0.05) is 24.9 Å². The molecule has 0 bridgehead atoms. The summed E-state index contributed by atoms with van der Waals surface area (Å²) in [7, 11) is 1.46. The van der Waals surface area contributed by atoms with Crippen LogP contribution < -0.4 is 10.1 Å². The normalized spacial score (nSPS) is 10.0. The lowest BCUT2D eigenvalue weighted by atomic mass is 10.2. The van der Waals surface area contributed by atoms with Gasteiger partial charge in [0.25, 0.3) is 0 Å². The van der Waals surface area contributed by atoms with Crippen LogP contribution in [0.25, 0.3) is 0 Å². The maximum absolute atomic E-state index is 13.1. The fraction of sp³-hybridized carbons (Fsp3) is 0.385. The van der Waals surface area contributed by atoms with Crippen molar-refractivity contribution < 1.29 is 23.8 Å². The third kappa shape index (κ3) is 5.37. The number of rotatable bonds is 7. The van der Waals surface area contributed by atoms with E-state index in [-0.39, 0.29) is 31.7 Å². The summed E-state index contributed by atoms with van der Waals surface area (Å²) >= 11 is 0. The van der Waals surface area contributed by atoms with Crippen molar-refractivity contribution in [3.63, 3.8) is 0 Å². The Kier molecular flexibility index (Phi) is 5.78. The van der Waals surface area contributed by atoms with Crippen LogP contribution in [0.5, 0.6) is 5.75 Å². The first-order valence-corrected chi connectivity index (χ1v) is 5.84. The number of methoxy groups -OCH3 is 1. The van der Waals surface area contributed by atoms with Crippen molar-refractivity contribution in [3.8, 4) is 5.75 Å². The Morgan fingerprint density at radius 3 is 2.74 bits per heavy atom. The maximum Gasteiger partial charge on any atom is 0.303 e. The van der Waals surface area contributed by atoms with Crippen molar-refractivity contribution in [1.29, 1.82) is 0 Å². The van der Waals surface area contributed by atoms with Crippen molar-refractivity contribution in [3.05, 3.63) is 29.6 Å². The van der Waals surface area contributed by atoms with E-state index in [4.69, 9.17) is 9.84 Å². The van der Waals surface area contributed by atoms with Crippen LogP contribution in [0, 0.1) is 5.82 Å². The molecule has 0 radical (unpaired) electrons. The Morgan fingerprint density at radius 1 is 1.37 bits per heavy atom. The van der Waals surface area contributed by atoms with Gasteiger partial charge in [0.15, 0.2) is 0 Å². The lowest BCUT2D eigenvalue weighted by Gasteiger charge is -2.09. The summed E-state index contributed by atoms with van der Waals surface area (Å²) in [5.41, 5.74) is 0.536. The van der Waals surface area contributed by atoms with Gasteiger partial charge in [-0.05, 0) is 24.6 Å². The highest BCUT2D eigenvalue weighted by molar-refractivity contribution is 5.76. The van der Waals surface area contributed by atoms with Crippen molar-refractivity contribution in [2.45, 2.75) is 25.8 Å². The largest absolute Gasteiger partial charge is 0.496 e. The Morgan fingerprint density at radius 2 is 2.11 bits per heavy atom. The molecule has 19 heavy (non-hydrogen) atoms. The first-order valence-electron chi connectivity index (χ1n) is 5.84. The zero-order valence-electron chi connectivity index (χ0n) is 10.6. The molecule has 0 atom stereocenters. The molecule has 1 rings (SSSR count). The van der Waals surface area contributed by atoms with E-state index in [9.17, 15) is 14.0 Å². The Balaban J connectivity index is 2.45. The van der Waals surface area contributed by atoms with Gasteiger partial charge in [-0.2, -0.15) is 0 Å². The van der Waals surface area contributed by atoms with Crippen LogP contribution in [0.4, 0.5) is 4.39 Å². The highest BCUT2D eigenvalue weighted by Crippen LogP contribution is 2.18. The fourth-order valence-corrected chi connectivity index (χ4v) is 1.57. The number of carboxylic acids is 1. The third-order valence-electron chi connectivity index (χ3n) is 2.51. The summed E-state index contributed by atoms with van der Waals surface area (Å²) in [6.07, 6.45) is 0.363. The molecule has 6 heteroatoms. The molecular weight excluding hydrogens is 253 g/mol. The van der Waals surface area contributed by atoms with Crippen molar-refractivity contribution >= 4 is 11.9 Å². The van der Waals surface area contributed by atoms with Gasteiger partial charge in [0.1, 0.15) is 11.6 Å². The van der Waals surface area contributed by atoms with Crippen LogP contribution in [0.2, 0.25) is 0 Å². The second kappa shape index (κ2) is 7.35. The van der Waals surface area contributed by atoms with Crippen LogP contribution in [0.1, 0.15) is 24.8 Å². The number of carbonyl (C=O) groups excluding carboxylic acids is 1. The average Bonchev–Trinajstić information content (AvgIpc) is 2.36. The second-order valence-corrected chi connectivity index (χ2v) is 3.98. The van der Waals surface area contributed by atoms with Gasteiger partial charge in [-0.25, -0.2) is 4.39 Å². The molecule has 0 aliphatic heterocycles. The van der Waals surface area contributed by atoms with E-state index in [1.807, 2.05) is 0 Å².